The van der Waals surface area contributed by atoms with Gasteiger partial charge in [-0.15, -0.1) is 0 Å². The van der Waals surface area contributed by atoms with Crippen LogP contribution in [0.25, 0.3) is 0 Å². The number of nitrogens with zero attached hydrogens (tertiary/aromatic N) is 2. The number of aromatic nitrogens is 2. The number of hydrogen-bond donors (Lipinski definition) is 1. The third-order valence-corrected chi connectivity index (χ3v) is 5.32. The molecule has 0 saturated heterocycles. The second-order valence-corrected chi connectivity index (χ2v) is 7.82. The molecule has 1 unspecified atom stereocenters. The highest BCUT2D eigenvalue weighted by Gasteiger charge is 2.32. The summed E-state index contributed by atoms with van der Waals surface area (Å²) < 4.78 is 5.41. The van der Waals surface area contributed by atoms with Crippen LogP contribution in [-0.2, 0) is 0 Å². The van der Waals surface area contributed by atoms with Crippen molar-refractivity contribution >= 4 is 0 Å². The Morgan fingerprint density at radius 3 is 2.38 bits per heavy atom. The van der Waals surface area contributed by atoms with Crippen molar-refractivity contribution in [3.63, 3.8) is 0 Å². The lowest BCUT2D eigenvalue weighted by Gasteiger charge is -2.36. The minimum absolute atomic E-state index is 0.137. The predicted molar refractivity (Wildman–Crippen MR) is 84.8 cm³/mol. The molecule has 1 aliphatic carbocycles. The van der Waals surface area contributed by atoms with Gasteiger partial charge in [0.15, 0.2) is 5.82 Å². The van der Waals surface area contributed by atoms with Gasteiger partial charge in [0.1, 0.15) is 0 Å². The maximum absolute atomic E-state index is 6.17. The molecule has 0 aromatic carbocycles. The zero-order valence-corrected chi connectivity index (χ0v) is 14.2. The molecule has 0 radical (unpaired) electrons. The first kappa shape index (κ1) is 16.5. The van der Waals surface area contributed by atoms with Crippen LogP contribution in [0.15, 0.2) is 4.52 Å². The van der Waals surface area contributed by atoms with Crippen molar-refractivity contribution in [3.8, 4) is 0 Å². The van der Waals surface area contributed by atoms with E-state index in [4.69, 9.17) is 10.3 Å². The smallest absolute Gasteiger partial charge is 0.243 e. The van der Waals surface area contributed by atoms with Gasteiger partial charge in [-0.25, -0.2) is 0 Å². The normalized spacial score (nSPS) is 26.6. The molecule has 1 aromatic rings. The van der Waals surface area contributed by atoms with E-state index in [1.165, 1.54) is 25.7 Å². The number of hydrogen-bond acceptors (Lipinski definition) is 4. The van der Waals surface area contributed by atoms with Gasteiger partial charge in [0, 0.05) is 5.92 Å². The molecule has 0 aliphatic heterocycles. The van der Waals surface area contributed by atoms with Crippen LogP contribution in [0.1, 0.15) is 90.4 Å². The van der Waals surface area contributed by atoms with Gasteiger partial charge >= 0.3 is 0 Å². The van der Waals surface area contributed by atoms with Crippen LogP contribution in [0, 0.1) is 17.3 Å². The first-order valence-electron chi connectivity index (χ1n) is 8.42. The number of rotatable bonds is 4. The van der Waals surface area contributed by atoms with Gasteiger partial charge in [-0.2, -0.15) is 4.98 Å². The van der Waals surface area contributed by atoms with Crippen molar-refractivity contribution in [2.75, 3.05) is 0 Å². The predicted octanol–water partition coefficient (Wildman–Crippen LogP) is 4.44. The van der Waals surface area contributed by atoms with E-state index in [9.17, 15) is 0 Å². The van der Waals surface area contributed by atoms with E-state index in [1.807, 2.05) is 0 Å². The molecular weight excluding hydrogens is 262 g/mol. The van der Waals surface area contributed by atoms with Crippen LogP contribution in [0.4, 0.5) is 0 Å². The second kappa shape index (κ2) is 6.47. The molecule has 0 spiro atoms. The van der Waals surface area contributed by atoms with Crippen LogP contribution in [-0.4, -0.2) is 10.1 Å². The highest BCUT2D eigenvalue weighted by molar-refractivity contribution is 5.01. The Morgan fingerprint density at radius 2 is 1.86 bits per heavy atom. The minimum Gasteiger partial charge on any atom is -0.338 e. The van der Waals surface area contributed by atoms with E-state index < -0.39 is 0 Å². The van der Waals surface area contributed by atoms with Gasteiger partial charge in [0.05, 0.1) is 6.04 Å². The summed E-state index contributed by atoms with van der Waals surface area (Å²) in [5, 5.41) is 4.20. The summed E-state index contributed by atoms with van der Waals surface area (Å²) in [5.74, 6) is 3.11. The van der Waals surface area contributed by atoms with Crippen molar-refractivity contribution < 1.29 is 4.52 Å². The lowest BCUT2D eigenvalue weighted by Crippen LogP contribution is -2.25. The fourth-order valence-electron chi connectivity index (χ4n) is 3.26. The summed E-state index contributed by atoms with van der Waals surface area (Å²) >= 11 is 0. The Kier molecular flexibility index (Phi) is 5.07. The molecule has 1 fully saturated rings. The van der Waals surface area contributed by atoms with E-state index in [0.29, 0.717) is 23.1 Å². The van der Waals surface area contributed by atoms with Crippen molar-refractivity contribution in [3.05, 3.63) is 11.7 Å². The second-order valence-electron chi connectivity index (χ2n) is 7.82. The van der Waals surface area contributed by atoms with Crippen LogP contribution in [0.5, 0.6) is 0 Å². The first-order chi connectivity index (χ1) is 9.82. The van der Waals surface area contributed by atoms with Crippen LogP contribution >= 0.6 is 0 Å². The largest absolute Gasteiger partial charge is 0.338 e. The summed E-state index contributed by atoms with van der Waals surface area (Å²) in [4.78, 5) is 4.59. The fraction of sp³-hybridized carbons (Fsp3) is 0.882. The van der Waals surface area contributed by atoms with Gasteiger partial charge in [-0.3, -0.25) is 0 Å². The number of nitrogens with two attached hydrogens (primary N) is 1. The first-order valence-corrected chi connectivity index (χ1v) is 8.42. The summed E-state index contributed by atoms with van der Waals surface area (Å²) in [6, 6.07) is -0.137. The van der Waals surface area contributed by atoms with E-state index in [-0.39, 0.29) is 6.04 Å². The molecule has 2 atom stereocenters. The monoisotopic (exact) mass is 293 g/mol. The summed E-state index contributed by atoms with van der Waals surface area (Å²) in [6.07, 6.45) is 5.87. The third-order valence-electron chi connectivity index (χ3n) is 5.32. The maximum Gasteiger partial charge on any atom is 0.243 e. The third kappa shape index (κ3) is 3.85. The molecule has 4 heteroatoms. The summed E-state index contributed by atoms with van der Waals surface area (Å²) in [5.41, 5.74) is 6.58. The van der Waals surface area contributed by atoms with E-state index >= 15 is 0 Å². The SMILES string of the molecule is CCC(C)[C@H](N)c1nc(C2CCC(C(C)(C)C)CC2)no1. The molecule has 21 heavy (non-hydrogen) atoms. The van der Waals surface area contributed by atoms with Crippen molar-refractivity contribution in [2.45, 2.75) is 78.7 Å². The summed E-state index contributed by atoms with van der Waals surface area (Å²) in [6.45, 7) is 11.3. The topological polar surface area (TPSA) is 64.9 Å². The molecule has 1 saturated carbocycles. The average molecular weight is 293 g/mol. The lowest BCUT2D eigenvalue weighted by atomic mass is 9.70. The van der Waals surface area contributed by atoms with Crippen molar-refractivity contribution in [1.29, 1.82) is 0 Å². The van der Waals surface area contributed by atoms with Crippen LogP contribution in [0.3, 0.4) is 0 Å². The van der Waals surface area contributed by atoms with Crippen LogP contribution in [0.2, 0.25) is 0 Å². The molecular formula is C17H31N3O. The van der Waals surface area contributed by atoms with Gasteiger partial charge in [-0.05, 0) is 42.9 Å². The Labute approximate surface area is 128 Å². The Balaban J connectivity index is 1.97. The van der Waals surface area contributed by atoms with Gasteiger partial charge in [0.25, 0.3) is 0 Å². The van der Waals surface area contributed by atoms with E-state index in [1.54, 1.807) is 0 Å². The van der Waals surface area contributed by atoms with Gasteiger partial charge in [0.2, 0.25) is 5.89 Å². The van der Waals surface area contributed by atoms with E-state index in [0.717, 1.165) is 18.2 Å². The maximum atomic E-state index is 6.17. The van der Waals surface area contributed by atoms with Gasteiger partial charge < -0.3 is 10.3 Å². The Bertz CT molecular complexity index is 441. The highest BCUT2D eigenvalue weighted by Crippen LogP contribution is 2.42. The van der Waals surface area contributed by atoms with Crippen LogP contribution < -0.4 is 5.73 Å². The summed E-state index contributed by atoms with van der Waals surface area (Å²) in [7, 11) is 0. The molecule has 0 amide bonds. The molecule has 1 aliphatic rings. The zero-order valence-electron chi connectivity index (χ0n) is 14.2. The average Bonchev–Trinajstić information content (AvgIpc) is 2.94. The molecule has 120 valence electrons. The molecule has 1 aromatic heterocycles. The molecule has 1 heterocycles. The minimum atomic E-state index is -0.137. The van der Waals surface area contributed by atoms with Crippen molar-refractivity contribution in [2.24, 2.45) is 23.0 Å². The van der Waals surface area contributed by atoms with Gasteiger partial charge in [-0.1, -0.05) is 46.2 Å². The highest BCUT2D eigenvalue weighted by atomic mass is 16.5. The molecule has 0 bridgehead atoms. The Hall–Kier alpha value is -0.900. The van der Waals surface area contributed by atoms with Crippen molar-refractivity contribution in [1.82, 2.24) is 10.1 Å². The van der Waals surface area contributed by atoms with E-state index in [2.05, 4.69) is 44.8 Å². The lowest BCUT2D eigenvalue weighted by molar-refractivity contribution is 0.166. The fourth-order valence-corrected chi connectivity index (χ4v) is 3.26. The quantitative estimate of drug-likeness (QED) is 0.891. The molecule has 4 nitrogen and oxygen atoms in total. The molecule has 2 rings (SSSR count). The zero-order chi connectivity index (χ0) is 15.6. The Morgan fingerprint density at radius 1 is 1.24 bits per heavy atom. The standard InChI is InChI=1S/C17H31N3O/c1-6-11(2)14(18)16-19-15(20-21-16)12-7-9-13(10-8-12)17(3,4)5/h11-14H,6-10,18H2,1-5H3/t11?,12?,13?,14-/m0/s1. The molecule has 2 N–H and O–H groups in total.